The van der Waals surface area contributed by atoms with Gasteiger partial charge >= 0.3 is 0 Å². The van der Waals surface area contributed by atoms with Gasteiger partial charge in [0.15, 0.2) is 0 Å². The van der Waals surface area contributed by atoms with Gasteiger partial charge in [-0.2, -0.15) is 0 Å². The molecule has 16 heavy (non-hydrogen) atoms. The third-order valence-corrected chi connectivity index (χ3v) is 5.12. The van der Waals surface area contributed by atoms with Crippen molar-refractivity contribution in [3.05, 3.63) is 35.9 Å². The van der Waals surface area contributed by atoms with Crippen molar-refractivity contribution in [1.29, 1.82) is 0 Å². The smallest absolute Gasteiger partial charge is 0.0710 e. The lowest BCUT2D eigenvalue weighted by molar-refractivity contribution is 0.0536. The Hall–Kier alpha value is -0.380. The highest BCUT2D eigenvalue weighted by atomic mass is 79.9. The van der Waals surface area contributed by atoms with Crippen molar-refractivity contribution in [3.8, 4) is 0 Å². The second kappa shape index (κ2) is 4.13. The van der Waals surface area contributed by atoms with Crippen molar-refractivity contribution in [2.45, 2.75) is 29.9 Å². The Morgan fingerprint density at radius 3 is 2.69 bits per heavy atom. The fourth-order valence-electron chi connectivity index (χ4n) is 3.10. The number of hydrogen-bond donors (Lipinski definition) is 1. The summed E-state index contributed by atoms with van der Waals surface area (Å²) in [6.07, 6.45) is 0.818. The zero-order chi connectivity index (χ0) is 11.1. The molecule has 0 spiro atoms. The predicted molar refractivity (Wildman–Crippen MR) is 67.5 cm³/mol. The summed E-state index contributed by atoms with van der Waals surface area (Å²) in [6, 6.07) is 10.8. The normalized spacial score (nSPS) is 38.1. The average Bonchev–Trinajstić information content (AvgIpc) is 2.71. The van der Waals surface area contributed by atoms with Gasteiger partial charge in [-0.3, -0.25) is 4.90 Å². The van der Waals surface area contributed by atoms with E-state index in [0.29, 0.717) is 16.8 Å². The number of alkyl halides is 1. The number of nitrogens with zero attached hydrogens (tertiary/aromatic N) is 1. The number of benzene rings is 1. The van der Waals surface area contributed by atoms with Crippen LogP contribution in [0.3, 0.4) is 0 Å². The van der Waals surface area contributed by atoms with Gasteiger partial charge in [0.05, 0.1) is 6.10 Å². The van der Waals surface area contributed by atoms with Crippen LogP contribution < -0.4 is 0 Å². The van der Waals surface area contributed by atoms with E-state index in [2.05, 4.69) is 45.1 Å². The van der Waals surface area contributed by atoms with Crippen molar-refractivity contribution in [1.82, 2.24) is 4.90 Å². The fraction of sp³-hybridized carbons (Fsp3) is 0.538. The van der Waals surface area contributed by atoms with Crippen LogP contribution in [-0.4, -0.2) is 33.5 Å². The van der Waals surface area contributed by atoms with Crippen LogP contribution in [-0.2, 0) is 6.54 Å². The lowest BCUT2D eigenvalue weighted by Crippen LogP contribution is -2.41. The molecule has 1 aliphatic carbocycles. The van der Waals surface area contributed by atoms with Crippen LogP contribution in [0.1, 0.15) is 12.0 Å². The van der Waals surface area contributed by atoms with E-state index in [1.165, 1.54) is 5.56 Å². The molecule has 1 N–H and O–H groups in total. The van der Waals surface area contributed by atoms with E-state index in [1.54, 1.807) is 0 Å². The molecule has 1 saturated heterocycles. The van der Waals surface area contributed by atoms with Gasteiger partial charge in [0.25, 0.3) is 0 Å². The number of halogens is 1. The largest absolute Gasteiger partial charge is 0.391 e. The first kappa shape index (κ1) is 10.8. The molecule has 1 aromatic carbocycles. The molecule has 2 fully saturated rings. The molecule has 0 unspecified atom stereocenters. The summed E-state index contributed by atoms with van der Waals surface area (Å²) in [5, 5.41) is 9.97. The Morgan fingerprint density at radius 1 is 1.31 bits per heavy atom. The van der Waals surface area contributed by atoms with Crippen molar-refractivity contribution in [2.24, 2.45) is 5.92 Å². The van der Waals surface area contributed by atoms with Gasteiger partial charge in [0, 0.05) is 24.0 Å². The third-order valence-electron chi connectivity index (χ3n) is 3.83. The van der Waals surface area contributed by atoms with Crippen LogP contribution in [0, 0.1) is 5.92 Å². The van der Waals surface area contributed by atoms with E-state index >= 15 is 0 Å². The lowest BCUT2D eigenvalue weighted by Gasteiger charge is -2.30. The monoisotopic (exact) mass is 281 g/mol. The lowest BCUT2D eigenvalue weighted by atomic mass is 10.1. The molecule has 1 aromatic rings. The van der Waals surface area contributed by atoms with E-state index in [-0.39, 0.29) is 6.10 Å². The summed E-state index contributed by atoms with van der Waals surface area (Å²) in [5.41, 5.74) is 1.34. The minimum absolute atomic E-state index is 0.146. The maximum atomic E-state index is 9.97. The Bertz CT molecular complexity index is 369. The summed E-state index contributed by atoms with van der Waals surface area (Å²) in [7, 11) is 0. The van der Waals surface area contributed by atoms with Crippen LogP contribution in [0.4, 0.5) is 0 Å². The highest BCUT2D eigenvalue weighted by molar-refractivity contribution is 9.09. The number of rotatable bonds is 2. The maximum Gasteiger partial charge on any atom is 0.0710 e. The first-order chi connectivity index (χ1) is 7.75. The summed E-state index contributed by atoms with van der Waals surface area (Å²) in [4.78, 5) is 2.89. The average molecular weight is 282 g/mol. The number of hydrogen-bond acceptors (Lipinski definition) is 2. The van der Waals surface area contributed by atoms with Gasteiger partial charge in [-0.15, -0.1) is 0 Å². The molecule has 3 heteroatoms. The standard InChI is InChI=1S/C13H16BrNO/c14-12-10-6-11(16)13(12)15(8-10)7-9-4-2-1-3-5-9/h1-5,10-13,16H,6-8H2/t10-,11+,12-,13-/m1/s1. The van der Waals surface area contributed by atoms with E-state index in [4.69, 9.17) is 0 Å². The van der Waals surface area contributed by atoms with Crippen molar-refractivity contribution in [2.75, 3.05) is 6.54 Å². The Morgan fingerprint density at radius 2 is 2.06 bits per heavy atom. The molecule has 0 amide bonds. The van der Waals surface area contributed by atoms with Crippen molar-refractivity contribution in [3.63, 3.8) is 0 Å². The van der Waals surface area contributed by atoms with Gasteiger partial charge in [0.1, 0.15) is 0 Å². The Kier molecular flexibility index (Phi) is 2.78. The van der Waals surface area contributed by atoms with Gasteiger partial charge in [-0.25, -0.2) is 0 Å². The molecule has 1 heterocycles. The molecule has 0 aromatic heterocycles. The SMILES string of the molecule is O[C@H]1C[C@@H]2CN(Cc3ccccc3)[C@H]1[C@@H]2Br. The molecule has 3 rings (SSSR count). The number of aliphatic hydroxyl groups excluding tert-OH is 1. The number of piperidine rings is 1. The van der Waals surface area contributed by atoms with Crippen LogP contribution in [0.5, 0.6) is 0 Å². The summed E-state index contributed by atoms with van der Waals surface area (Å²) >= 11 is 3.72. The quantitative estimate of drug-likeness (QED) is 0.839. The second-order valence-corrected chi connectivity index (χ2v) is 5.97. The number of likely N-dealkylation sites (tertiary alicyclic amines) is 1. The van der Waals surface area contributed by atoms with E-state index < -0.39 is 0 Å². The molecule has 1 saturated carbocycles. The van der Waals surface area contributed by atoms with Crippen molar-refractivity contribution < 1.29 is 5.11 Å². The van der Waals surface area contributed by atoms with Gasteiger partial charge < -0.3 is 5.11 Å². The zero-order valence-electron chi connectivity index (χ0n) is 9.09. The topological polar surface area (TPSA) is 23.5 Å². The molecule has 1 aliphatic heterocycles. The number of aliphatic hydroxyl groups is 1. The van der Waals surface area contributed by atoms with E-state index in [1.807, 2.05) is 6.07 Å². The Balaban J connectivity index is 1.74. The van der Waals surface area contributed by atoms with E-state index in [0.717, 1.165) is 19.5 Å². The Labute approximate surface area is 104 Å². The zero-order valence-corrected chi connectivity index (χ0v) is 10.7. The molecule has 2 nitrogen and oxygen atoms in total. The van der Waals surface area contributed by atoms with E-state index in [9.17, 15) is 5.11 Å². The molecule has 0 radical (unpaired) electrons. The highest BCUT2D eigenvalue weighted by Gasteiger charge is 2.50. The molecule has 4 atom stereocenters. The fourth-order valence-corrected chi connectivity index (χ4v) is 4.17. The van der Waals surface area contributed by atoms with Crippen LogP contribution in [0.2, 0.25) is 0 Å². The molecular formula is C13H16BrNO. The number of fused-ring (bicyclic) bond motifs is 2. The van der Waals surface area contributed by atoms with Gasteiger partial charge in [0.2, 0.25) is 0 Å². The second-order valence-electron chi connectivity index (χ2n) is 4.91. The minimum atomic E-state index is -0.146. The molecule has 2 aliphatic rings. The molecular weight excluding hydrogens is 266 g/mol. The summed E-state index contributed by atoms with van der Waals surface area (Å²) in [5.74, 6) is 0.628. The first-order valence-corrected chi connectivity index (χ1v) is 6.77. The predicted octanol–water partition coefficient (Wildman–Crippen LogP) is 2.02. The maximum absolute atomic E-state index is 9.97. The third kappa shape index (κ3) is 1.71. The molecule has 86 valence electrons. The first-order valence-electron chi connectivity index (χ1n) is 5.86. The van der Waals surface area contributed by atoms with Crippen LogP contribution >= 0.6 is 15.9 Å². The summed E-state index contributed by atoms with van der Waals surface area (Å²) < 4.78 is 0. The van der Waals surface area contributed by atoms with Gasteiger partial charge in [-0.1, -0.05) is 46.3 Å². The van der Waals surface area contributed by atoms with Gasteiger partial charge in [-0.05, 0) is 17.9 Å². The summed E-state index contributed by atoms with van der Waals surface area (Å²) in [6.45, 7) is 2.08. The molecule has 2 bridgehead atoms. The van der Waals surface area contributed by atoms with Crippen LogP contribution in [0.15, 0.2) is 30.3 Å². The van der Waals surface area contributed by atoms with Crippen molar-refractivity contribution >= 4 is 15.9 Å². The highest BCUT2D eigenvalue weighted by Crippen LogP contribution is 2.42. The minimum Gasteiger partial charge on any atom is -0.391 e. The van der Waals surface area contributed by atoms with Crippen LogP contribution in [0.25, 0.3) is 0 Å².